The number of carbonyl (C=O) groups is 1. The molecule has 0 radical (unpaired) electrons. The molecule has 4 aromatic rings. The third-order valence-electron chi connectivity index (χ3n) is 5.83. The van der Waals surface area contributed by atoms with E-state index in [2.05, 4.69) is 4.98 Å². The van der Waals surface area contributed by atoms with Crippen LogP contribution in [0.5, 0.6) is 5.75 Å². The van der Waals surface area contributed by atoms with Crippen molar-refractivity contribution in [3.05, 3.63) is 75.3 Å². The Balaban J connectivity index is 1.91. The van der Waals surface area contributed by atoms with Gasteiger partial charge < -0.3 is 14.3 Å². The summed E-state index contributed by atoms with van der Waals surface area (Å²) in [5, 5.41) is 9.78. The van der Waals surface area contributed by atoms with E-state index in [1.54, 1.807) is 19.1 Å². The standard InChI is InChI=1S/C24H23FN2O5S/c1-13-19(20-26-9-10-32-20)33-22-15(6-5-14-11-16(25)7-8-18(14)31-4)12-17(21(28)27(13)22)24(2,3)23(29)30/h7-12H,5-6H2,1-4H3,(H,29,30). The molecule has 172 valence electrons. The number of carboxylic acid groups (broad SMARTS) is 1. The molecule has 0 amide bonds. The normalized spacial score (nSPS) is 11.8. The first kappa shape index (κ1) is 22.7. The van der Waals surface area contributed by atoms with E-state index < -0.39 is 16.9 Å². The number of pyridine rings is 1. The summed E-state index contributed by atoms with van der Waals surface area (Å²) >= 11 is 1.35. The van der Waals surface area contributed by atoms with Gasteiger partial charge in [0.2, 0.25) is 5.89 Å². The van der Waals surface area contributed by atoms with Crippen molar-refractivity contribution in [2.24, 2.45) is 0 Å². The third kappa shape index (κ3) is 3.93. The molecule has 33 heavy (non-hydrogen) atoms. The van der Waals surface area contributed by atoms with Crippen LogP contribution in [0.4, 0.5) is 4.39 Å². The minimum Gasteiger partial charge on any atom is -0.496 e. The highest BCUT2D eigenvalue weighted by molar-refractivity contribution is 7.21. The molecule has 0 aliphatic heterocycles. The predicted molar refractivity (Wildman–Crippen MR) is 123 cm³/mol. The van der Waals surface area contributed by atoms with Gasteiger partial charge in [0.15, 0.2) is 0 Å². The zero-order chi connectivity index (χ0) is 23.9. The summed E-state index contributed by atoms with van der Waals surface area (Å²) in [5.74, 6) is -0.517. The molecule has 1 N–H and O–H groups in total. The summed E-state index contributed by atoms with van der Waals surface area (Å²) in [7, 11) is 1.52. The van der Waals surface area contributed by atoms with Gasteiger partial charge in [-0.1, -0.05) is 0 Å². The van der Waals surface area contributed by atoms with Crippen LogP contribution < -0.4 is 10.3 Å². The molecule has 0 saturated carbocycles. The number of fused-ring (bicyclic) bond motifs is 1. The first-order chi connectivity index (χ1) is 15.6. The number of aliphatic carboxylic acids is 1. The van der Waals surface area contributed by atoms with E-state index in [4.69, 9.17) is 9.15 Å². The van der Waals surface area contributed by atoms with Gasteiger partial charge in [0.1, 0.15) is 27.5 Å². The molecule has 7 nitrogen and oxygen atoms in total. The highest BCUT2D eigenvalue weighted by atomic mass is 32.1. The van der Waals surface area contributed by atoms with Gasteiger partial charge in [-0.3, -0.25) is 14.0 Å². The van der Waals surface area contributed by atoms with Gasteiger partial charge in [-0.25, -0.2) is 9.37 Å². The van der Waals surface area contributed by atoms with E-state index in [1.165, 1.54) is 61.3 Å². The summed E-state index contributed by atoms with van der Waals surface area (Å²) in [4.78, 5) is 31.0. The number of oxazole rings is 1. The molecule has 3 aromatic heterocycles. The van der Waals surface area contributed by atoms with Crippen LogP contribution in [0.25, 0.3) is 15.6 Å². The lowest BCUT2D eigenvalue weighted by Crippen LogP contribution is -2.36. The first-order valence-electron chi connectivity index (χ1n) is 10.3. The Morgan fingerprint density at radius 2 is 2.00 bits per heavy atom. The number of halogens is 1. The second-order valence-corrected chi connectivity index (χ2v) is 9.27. The van der Waals surface area contributed by atoms with E-state index in [-0.39, 0.29) is 11.4 Å². The number of benzene rings is 1. The maximum atomic E-state index is 13.9. The Hall–Kier alpha value is -3.46. The van der Waals surface area contributed by atoms with Crippen molar-refractivity contribution in [2.75, 3.05) is 7.11 Å². The summed E-state index contributed by atoms with van der Waals surface area (Å²) in [6.07, 6.45) is 3.86. The highest BCUT2D eigenvalue weighted by Crippen LogP contribution is 2.35. The maximum absolute atomic E-state index is 13.9. The highest BCUT2D eigenvalue weighted by Gasteiger charge is 2.34. The lowest BCUT2D eigenvalue weighted by atomic mass is 9.84. The third-order valence-corrected chi connectivity index (χ3v) is 7.15. The Morgan fingerprint density at radius 1 is 1.27 bits per heavy atom. The summed E-state index contributed by atoms with van der Waals surface area (Å²) < 4.78 is 26.2. The lowest BCUT2D eigenvalue weighted by Gasteiger charge is -2.20. The monoisotopic (exact) mass is 470 g/mol. The molecule has 0 aliphatic carbocycles. The van der Waals surface area contributed by atoms with Gasteiger partial charge in [0.05, 0.1) is 18.7 Å². The van der Waals surface area contributed by atoms with Crippen molar-refractivity contribution >= 4 is 22.1 Å². The second-order valence-electron chi connectivity index (χ2n) is 8.27. The molecular weight excluding hydrogens is 447 g/mol. The van der Waals surface area contributed by atoms with Crippen molar-refractivity contribution < 1.29 is 23.4 Å². The predicted octanol–water partition coefficient (Wildman–Crippen LogP) is 4.62. The Bertz CT molecular complexity index is 1400. The molecule has 3 heterocycles. The lowest BCUT2D eigenvalue weighted by molar-refractivity contribution is -0.142. The number of aryl methyl sites for hydroxylation is 3. The van der Waals surface area contributed by atoms with Gasteiger partial charge in [-0.2, -0.15) is 0 Å². The minimum atomic E-state index is -1.40. The number of hydrogen-bond acceptors (Lipinski definition) is 6. The van der Waals surface area contributed by atoms with Crippen LogP contribution in [0.3, 0.4) is 0 Å². The molecule has 1 aromatic carbocycles. The van der Waals surface area contributed by atoms with Crippen molar-refractivity contribution in [2.45, 2.75) is 39.0 Å². The molecule has 0 saturated heterocycles. The van der Waals surface area contributed by atoms with Gasteiger partial charge in [-0.15, -0.1) is 11.3 Å². The Kier molecular flexibility index (Phi) is 5.84. The first-order valence-corrected chi connectivity index (χ1v) is 11.1. The second kappa shape index (κ2) is 8.47. The maximum Gasteiger partial charge on any atom is 0.313 e. The number of ether oxygens (including phenoxy) is 1. The quantitative estimate of drug-likeness (QED) is 0.424. The van der Waals surface area contributed by atoms with Crippen LogP contribution in [-0.2, 0) is 23.1 Å². The number of thiazole rings is 1. The fourth-order valence-electron chi connectivity index (χ4n) is 3.83. The fraction of sp³-hybridized carbons (Fsp3) is 0.292. The van der Waals surface area contributed by atoms with Crippen molar-refractivity contribution in [3.63, 3.8) is 0 Å². The van der Waals surface area contributed by atoms with Crippen LogP contribution in [0, 0.1) is 12.7 Å². The average Bonchev–Trinajstić information content (AvgIpc) is 3.41. The number of rotatable bonds is 7. The molecular formula is C24H23FN2O5S. The summed E-state index contributed by atoms with van der Waals surface area (Å²) in [5.41, 5.74) is 0.457. The van der Waals surface area contributed by atoms with Gasteiger partial charge in [-0.05, 0) is 69.0 Å². The van der Waals surface area contributed by atoms with Crippen LogP contribution in [0.15, 0.2) is 45.9 Å². The Labute approximate surface area is 193 Å². The van der Waals surface area contributed by atoms with Gasteiger partial charge >= 0.3 is 5.97 Å². The summed E-state index contributed by atoms with van der Waals surface area (Å²) in [6.45, 7) is 4.80. The number of methoxy groups -OCH3 is 1. The summed E-state index contributed by atoms with van der Waals surface area (Å²) in [6, 6.07) is 5.99. The SMILES string of the molecule is COc1ccc(F)cc1CCc1cc(C(C)(C)C(=O)O)c(=O)n2c(C)c(-c3ncco3)sc12. The molecule has 0 aliphatic rings. The average molecular weight is 471 g/mol. The van der Waals surface area contributed by atoms with Crippen LogP contribution in [0.1, 0.15) is 36.2 Å². The number of carboxylic acids is 1. The van der Waals surface area contributed by atoms with Crippen molar-refractivity contribution in [1.29, 1.82) is 0 Å². The van der Waals surface area contributed by atoms with Crippen LogP contribution in [-0.4, -0.2) is 27.6 Å². The molecule has 0 bridgehead atoms. The topological polar surface area (TPSA) is 94.0 Å². The van der Waals surface area contributed by atoms with Crippen molar-refractivity contribution in [1.82, 2.24) is 9.38 Å². The minimum absolute atomic E-state index is 0.175. The van der Waals surface area contributed by atoms with Crippen LogP contribution >= 0.6 is 11.3 Å². The van der Waals surface area contributed by atoms with Gasteiger partial charge in [0, 0.05) is 11.3 Å². The van der Waals surface area contributed by atoms with Crippen LogP contribution in [0.2, 0.25) is 0 Å². The van der Waals surface area contributed by atoms with E-state index in [1.807, 2.05) is 0 Å². The zero-order valence-corrected chi connectivity index (χ0v) is 19.5. The number of hydrogen-bond donors (Lipinski definition) is 1. The van der Waals surface area contributed by atoms with E-state index >= 15 is 0 Å². The van der Waals surface area contributed by atoms with E-state index in [0.717, 1.165) is 5.56 Å². The molecule has 0 fully saturated rings. The number of aromatic nitrogens is 2. The Morgan fingerprint density at radius 3 is 2.64 bits per heavy atom. The van der Waals surface area contributed by atoms with Crippen molar-refractivity contribution in [3.8, 4) is 16.5 Å². The van der Waals surface area contributed by atoms with E-state index in [9.17, 15) is 19.1 Å². The van der Waals surface area contributed by atoms with E-state index in [0.29, 0.717) is 45.4 Å². The molecule has 0 unspecified atom stereocenters. The smallest absolute Gasteiger partial charge is 0.313 e. The fourth-order valence-corrected chi connectivity index (χ4v) is 5.05. The molecule has 0 spiro atoms. The number of nitrogens with zero attached hydrogens (tertiary/aromatic N) is 2. The largest absolute Gasteiger partial charge is 0.496 e. The van der Waals surface area contributed by atoms with Gasteiger partial charge in [0.25, 0.3) is 5.56 Å². The zero-order valence-electron chi connectivity index (χ0n) is 18.6. The molecule has 0 atom stereocenters. The molecule has 9 heteroatoms. The molecule has 4 rings (SSSR count).